The molecule has 1 saturated carbocycles. The Bertz CT molecular complexity index is 1060. The van der Waals surface area contributed by atoms with Crippen LogP contribution in [0.2, 0.25) is 0 Å². The quantitative estimate of drug-likeness (QED) is 0.600. The van der Waals surface area contributed by atoms with Crippen LogP contribution in [0, 0.1) is 37.5 Å². The van der Waals surface area contributed by atoms with Crippen LogP contribution in [0.1, 0.15) is 23.1 Å². The first-order valence-electron chi connectivity index (χ1n) is 10.9. The van der Waals surface area contributed by atoms with E-state index in [1.54, 1.807) is 0 Å². The number of fused-ring (bicyclic) bond motifs is 5. The number of hydrogen-bond acceptors (Lipinski definition) is 3. The minimum absolute atomic E-state index is 0.122. The average molecular weight is 415 g/mol. The largest absolute Gasteiger partial charge is 0.324 e. The van der Waals surface area contributed by atoms with E-state index in [1.807, 2.05) is 62.4 Å². The Kier molecular flexibility index (Phi) is 4.77. The molecule has 5 nitrogen and oxygen atoms in total. The number of aryl methyl sites for hydroxylation is 2. The standard InChI is InChI=1S/C26H26N2O3/c1-15-8-11-20(12-16(15)2)27-24(29)21(13-17-6-4-3-5-7-17)28-25(30)22-18-9-10-19(14-18)23(22)26(28)31/h3-12,18-19,21-23H,13-14H2,1-2H3,(H,27,29). The van der Waals surface area contributed by atoms with Gasteiger partial charge in [0, 0.05) is 12.1 Å². The predicted molar refractivity (Wildman–Crippen MR) is 118 cm³/mol. The summed E-state index contributed by atoms with van der Waals surface area (Å²) in [5, 5.41) is 2.95. The van der Waals surface area contributed by atoms with Gasteiger partial charge in [0.25, 0.3) is 0 Å². The number of anilines is 1. The van der Waals surface area contributed by atoms with Crippen LogP contribution in [0.25, 0.3) is 0 Å². The molecule has 0 radical (unpaired) electrons. The maximum atomic E-state index is 13.4. The van der Waals surface area contributed by atoms with Gasteiger partial charge in [0.2, 0.25) is 17.7 Å². The Morgan fingerprint density at radius 3 is 2.23 bits per heavy atom. The molecule has 5 heteroatoms. The molecule has 0 spiro atoms. The van der Waals surface area contributed by atoms with Crippen molar-refractivity contribution in [3.8, 4) is 0 Å². The van der Waals surface area contributed by atoms with Gasteiger partial charge >= 0.3 is 0 Å². The normalized spacial score (nSPS) is 27.0. The van der Waals surface area contributed by atoms with Gasteiger partial charge in [-0.15, -0.1) is 0 Å². The molecule has 5 atom stereocenters. The fraction of sp³-hybridized carbons (Fsp3) is 0.346. The average Bonchev–Trinajstić information content (AvgIpc) is 3.44. The number of rotatable bonds is 5. The summed E-state index contributed by atoms with van der Waals surface area (Å²) in [6.07, 6.45) is 5.32. The van der Waals surface area contributed by atoms with Gasteiger partial charge < -0.3 is 5.32 Å². The van der Waals surface area contributed by atoms with E-state index in [1.165, 1.54) is 4.90 Å². The van der Waals surface area contributed by atoms with E-state index in [4.69, 9.17) is 0 Å². The second-order valence-corrected chi connectivity index (χ2v) is 9.04. The van der Waals surface area contributed by atoms with Crippen LogP contribution in [0.3, 0.4) is 0 Å². The molecule has 5 rings (SSSR count). The van der Waals surface area contributed by atoms with Crippen LogP contribution in [0.4, 0.5) is 5.69 Å². The number of nitrogens with one attached hydrogen (secondary N) is 1. The lowest BCUT2D eigenvalue weighted by Gasteiger charge is -2.27. The van der Waals surface area contributed by atoms with E-state index in [-0.39, 0.29) is 41.4 Å². The number of carbonyl (C=O) groups is 3. The van der Waals surface area contributed by atoms with Crippen molar-refractivity contribution in [2.45, 2.75) is 32.7 Å². The summed E-state index contributed by atoms with van der Waals surface area (Å²) in [5.74, 6) is -1.08. The van der Waals surface area contributed by atoms with E-state index in [0.717, 1.165) is 23.1 Å². The first-order chi connectivity index (χ1) is 14.9. The first kappa shape index (κ1) is 19.7. The summed E-state index contributed by atoms with van der Waals surface area (Å²) < 4.78 is 0. The molecule has 1 N–H and O–H groups in total. The van der Waals surface area contributed by atoms with Crippen molar-refractivity contribution in [3.63, 3.8) is 0 Å². The van der Waals surface area contributed by atoms with Crippen LogP contribution in [-0.4, -0.2) is 28.7 Å². The zero-order valence-electron chi connectivity index (χ0n) is 17.7. The topological polar surface area (TPSA) is 66.5 Å². The monoisotopic (exact) mass is 414 g/mol. The van der Waals surface area contributed by atoms with E-state index in [0.29, 0.717) is 12.1 Å². The summed E-state index contributed by atoms with van der Waals surface area (Å²) >= 11 is 0. The van der Waals surface area contributed by atoms with Gasteiger partial charge in [-0.25, -0.2) is 0 Å². The molecule has 158 valence electrons. The van der Waals surface area contributed by atoms with Gasteiger partial charge in [0.15, 0.2) is 0 Å². The van der Waals surface area contributed by atoms with Gasteiger partial charge in [-0.2, -0.15) is 0 Å². The van der Waals surface area contributed by atoms with Crippen LogP contribution in [-0.2, 0) is 20.8 Å². The summed E-state index contributed by atoms with van der Waals surface area (Å²) in [6.45, 7) is 4.01. The van der Waals surface area contributed by atoms with Crippen molar-refractivity contribution in [1.82, 2.24) is 4.90 Å². The van der Waals surface area contributed by atoms with Gasteiger partial charge in [-0.3, -0.25) is 19.3 Å². The number of benzene rings is 2. The lowest BCUT2D eigenvalue weighted by atomic mass is 9.85. The van der Waals surface area contributed by atoms with Crippen molar-refractivity contribution in [3.05, 3.63) is 77.4 Å². The molecule has 1 aliphatic heterocycles. The third-order valence-corrected chi connectivity index (χ3v) is 7.17. The van der Waals surface area contributed by atoms with Crippen molar-refractivity contribution < 1.29 is 14.4 Å². The van der Waals surface area contributed by atoms with Crippen molar-refractivity contribution >= 4 is 23.4 Å². The first-order valence-corrected chi connectivity index (χ1v) is 10.9. The van der Waals surface area contributed by atoms with Crippen LogP contribution < -0.4 is 5.32 Å². The van der Waals surface area contributed by atoms with Crippen LogP contribution in [0.5, 0.6) is 0 Å². The Labute approximate surface area is 182 Å². The molecular formula is C26H26N2O3. The number of carbonyl (C=O) groups excluding carboxylic acids is 3. The van der Waals surface area contributed by atoms with E-state index >= 15 is 0 Å². The lowest BCUT2D eigenvalue weighted by molar-refractivity contribution is -0.147. The Morgan fingerprint density at radius 1 is 0.968 bits per heavy atom. The van der Waals surface area contributed by atoms with E-state index < -0.39 is 6.04 Å². The number of nitrogens with zero attached hydrogens (tertiary/aromatic N) is 1. The smallest absolute Gasteiger partial charge is 0.248 e. The van der Waals surface area contributed by atoms with Gasteiger partial charge in [0.05, 0.1) is 11.8 Å². The number of amides is 3. The lowest BCUT2D eigenvalue weighted by Crippen LogP contribution is -2.49. The molecule has 2 fully saturated rings. The Morgan fingerprint density at radius 2 is 1.61 bits per heavy atom. The second kappa shape index (κ2) is 7.49. The maximum Gasteiger partial charge on any atom is 0.248 e. The summed E-state index contributed by atoms with van der Waals surface area (Å²) in [7, 11) is 0. The minimum Gasteiger partial charge on any atom is -0.324 e. The molecular weight excluding hydrogens is 388 g/mol. The number of imide groups is 1. The number of hydrogen-bond donors (Lipinski definition) is 1. The Hall–Kier alpha value is -3.21. The third kappa shape index (κ3) is 3.29. The highest BCUT2D eigenvalue weighted by atomic mass is 16.2. The van der Waals surface area contributed by atoms with Gasteiger partial charge in [-0.05, 0) is 60.9 Å². The molecule has 1 saturated heterocycles. The zero-order valence-corrected chi connectivity index (χ0v) is 17.7. The van der Waals surface area contributed by atoms with Gasteiger partial charge in [0.1, 0.15) is 6.04 Å². The molecule has 2 aromatic rings. The molecule has 3 aliphatic rings. The highest BCUT2D eigenvalue weighted by molar-refractivity contribution is 6.11. The maximum absolute atomic E-state index is 13.4. The molecule has 2 aliphatic carbocycles. The molecule has 2 aromatic carbocycles. The molecule has 31 heavy (non-hydrogen) atoms. The molecule has 5 unspecified atom stereocenters. The molecule has 0 aromatic heterocycles. The highest BCUT2D eigenvalue weighted by Crippen LogP contribution is 2.53. The van der Waals surface area contributed by atoms with Crippen LogP contribution in [0.15, 0.2) is 60.7 Å². The number of allylic oxidation sites excluding steroid dienone is 2. The van der Waals surface area contributed by atoms with Gasteiger partial charge in [-0.1, -0.05) is 48.6 Å². The number of likely N-dealkylation sites (tertiary alicyclic amines) is 1. The van der Waals surface area contributed by atoms with Crippen molar-refractivity contribution in [2.75, 3.05) is 5.32 Å². The van der Waals surface area contributed by atoms with Crippen LogP contribution >= 0.6 is 0 Å². The second-order valence-electron chi connectivity index (χ2n) is 9.04. The zero-order chi connectivity index (χ0) is 21.7. The minimum atomic E-state index is -0.867. The van der Waals surface area contributed by atoms with Crippen molar-refractivity contribution in [1.29, 1.82) is 0 Å². The van der Waals surface area contributed by atoms with Crippen molar-refractivity contribution in [2.24, 2.45) is 23.7 Å². The summed E-state index contributed by atoms with van der Waals surface area (Å²) in [5.41, 5.74) is 3.80. The summed E-state index contributed by atoms with van der Waals surface area (Å²) in [6, 6.07) is 14.4. The SMILES string of the molecule is Cc1ccc(NC(=O)C(Cc2ccccc2)N2C(=O)C3C4C=CC(C4)C3C2=O)cc1C. The third-order valence-electron chi connectivity index (χ3n) is 7.17. The fourth-order valence-corrected chi connectivity index (χ4v) is 5.42. The predicted octanol–water partition coefficient (Wildman–Crippen LogP) is 3.66. The van der Waals surface area contributed by atoms with E-state index in [9.17, 15) is 14.4 Å². The summed E-state index contributed by atoms with van der Waals surface area (Å²) in [4.78, 5) is 41.4. The Balaban J connectivity index is 1.46. The van der Waals surface area contributed by atoms with E-state index in [2.05, 4.69) is 17.5 Å². The molecule has 1 heterocycles. The molecule has 3 amide bonds. The molecule has 2 bridgehead atoms. The highest BCUT2D eigenvalue weighted by Gasteiger charge is 2.61. The fourth-order valence-electron chi connectivity index (χ4n) is 5.42.